The fourth-order valence-electron chi connectivity index (χ4n) is 3.21. The molecule has 0 fully saturated rings. The van der Waals surface area contributed by atoms with Crippen molar-refractivity contribution in [1.82, 2.24) is 4.98 Å². The first-order valence-electron chi connectivity index (χ1n) is 9.90. The highest BCUT2D eigenvalue weighted by molar-refractivity contribution is 6.76. The second-order valence-electron chi connectivity index (χ2n) is 8.74. The second-order valence-corrected chi connectivity index (χ2v) is 14.4. The van der Waals surface area contributed by atoms with Gasteiger partial charge < -0.3 is 9.47 Å². The van der Waals surface area contributed by atoms with Crippen molar-refractivity contribution in [2.75, 3.05) is 13.4 Å². The van der Waals surface area contributed by atoms with E-state index in [9.17, 15) is 13.6 Å². The van der Waals surface area contributed by atoms with Crippen molar-refractivity contribution in [3.63, 3.8) is 0 Å². The van der Waals surface area contributed by atoms with Gasteiger partial charge in [0, 0.05) is 31.7 Å². The van der Waals surface area contributed by atoms with Crippen LogP contribution in [-0.4, -0.2) is 32.2 Å². The van der Waals surface area contributed by atoms with Crippen molar-refractivity contribution >= 4 is 13.9 Å². The smallest absolute Gasteiger partial charge is 0.193 e. The minimum absolute atomic E-state index is 0.0190. The summed E-state index contributed by atoms with van der Waals surface area (Å²) in [5.41, 5.74) is 2.02. The van der Waals surface area contributed by atoms with Crippen LogP contribution in [0.25, 0.3) is 11.3 Å². The Hall–Kier alpha value is -2.12. The normalized spacial score (nSPS) is 16.6. The zero-order valence-corrected chi connectivity index (χ0v) is 18.4. The van der Waals surface area contributed by atoms with Crippen LogP contribution in [0.4, 0.5) is 8.78 Å². The molecular formula is C22H27F2NO3Si. The Bertz CT molecular complexity index is 888. The zero-order valence-electron chi connectivity index (χ0n) is 17.4. The summed E-state index contributed by atoms with van der Waals surface area (Å²) in [5, 5.41) is 0. The van der Waals surface area contributed by atoms with Gasteiger partial charge in [0.15, 0.2) is 30.0 Å². The number of nitrogens with zero attached hydrogens (tertiary/aromatic N) is 1. The lowest BCUT2D eigenvalue weighted by atomic mass is 9.86. The molecule has 1 aromatic carbocycles. The van der Waals surface area contributed by atoms with Crippen molar-refractivity contribution in [3.05, 3.63) is 47.2 Å². The van der Waals surface area contributed by atoms with Gasteiger partial charge >= 0.3 is 0 Å². The molecule has 1 aliphatic carbocycles. The number of pyridine rings is 1. The van der Waals surface area contributed by atoms with Crippen LogP contribution in [-0.2, 0) is 11.2 Å². The Balaban J connectivity index is 1.72. The van der Waals surface area contributed by atoms with Gasteiger partial charge in [-0.15, -0.1) is 0 Å². The number of aryl methyl sites for hydroxylation is 1. The molecule has 1 unspecified atom stereocenters. The fraction of sp³-hybridized carbons (Fsp3) is 0.455. The lowest BCUT2D eigenvalue weighted by Gasteiger charge is -2.20. The number of carbonyl (C=O) groups is 1. The van der Waals surface area contributed by atoms with E-state index < -0.39 is 25.5 Å². The molecule has 3 rings (SSSR count). The number of benzene rings is 1. The van der Waals surface area contributed by atoms with Gasteiger partial charge in [-0.1, -0.05) is 26.6 Å². The first-order valence-corrected chi connectivity index (χ1v) is 13.6. The van der Waals surface area contributed by atoms with Gasteiger partial charge in [-0.25, -0.2) is 8.78 Å². The van der Waals surface area contributed by atoms with Crippen LogP contribution in [0, 0.1) is 17.6 Å². The van der Waals surface area contributed by atoms with E-state index >= 15 is 0 Å². The van der Waals surface area contributed by atoms with Gasteiger partial charge in [0.1, 0.15) is 0 Å². The monoisotopic (exact) mass is 419 g/mol. The van der Waals surface area contributed by atoms with Crippen molar-refractivity contribution in [2.24, 2.45) is 5.92 Å². The van der Waals surface area contributed by atoms with Crippen LogP contribution < -0.4 is 4.74 Å². The average molecular weight is 420 g/mol. The standard InChI is InChI=1S/C22H27F2NO3Si/c1-14-5-7-20-16(21(14)26)6-8-19(25-20)15-11-17(23)22(18(24)12-15)28-13-27-9-10-29(2,3)4/h6,8,11-12,14H,5,7,9-10,13H2,1-4H3. The van der Waals surface area contributed by atoms with Crippen LogP contribution in [0.5, 0.6) is 5.75 Å². The maximum atomic E-state index is 14.5. The van der Waals surface area contributed by atoms with Crippen molar-refractivity contribution in [1.29, 1.82) is 0 Å². The molecule has 0 amide bonds. The Morgan fingerprint density at radius 2 is 1.86 bits per heavy atom. The highest BCUT2D eigenvalue weighted by Crippen LogP contribution is 2.31. The van der Waals surface area contributed by atoms with Crippen LogP contribution >= 0.6 is 0 Å². The van der Waals surface area contributed by atoms with Gasteiger partial charge in [-0.3, -0.25) is 9.78 Å². The molecule has 0 saturated heterocycles. The Labute approximate surface area is 171 Å². The molecule has 1 heterocycles. The molecule has 156 valence electrons. The van der Waals surface area contributed by atoms with Gasteiger partial charge in [0.05, 0.1) is 11.4 Å². The molecule has 1 atom stereocenters. The van der Waals surface area contributed by atoms with E-state index in [-0.39, 0.29) is 18.5 Å². The van der Waals surface area contributed by atoms with E-state index in [2.05, 4.69) is 24.6 Å². The highest BCUT2D eigenvalue weighted by Gasteiger charge is 2.25. The summed E-state index contributed by atoms with van der Waals surface area (Å²) in [6.07, 6.45) is 1.41. The number of hydrogen-bond donors (Lipinski definition) is 0. The maximum Gasteiger partial charge on any atom is 0.193 e. The first-order chi connectivity index (χ1) is 13.7. The summed E-state index contributed by atoms with van der Waals surface area (Å²) in [4.78, 5) is 16.7. The third-order valence-electron chi connectivity index (χ3n) is 5.08. The molecule has 0 N–H and O–H groups in total. The third-order valence-corrected chi connectivity index (χ3v) is 6.78. The quantitative estimate of drug-likeness (QED) is 0.339. The van der Waals surface area contributed by atoms with Crippen molar-refractivity contribution in [3.8, 4) is 17.0 Å². The van der Waals surface area contributed by atoms with E-state index in [0.717, 1.165) is 12.5 Å². The van der Waals surface area contributed by atoms with Gasteiger partial charge in [-0.2, -0.15) is 0 Å². The molecule has 0 radical (unpaired) electrons. The van der Waals surface area contributed by atoms with E-state index in [1.54, 1.807) is 12.1 Å². The summed E-state index contributed by atoms with van der Waals surface area (Å²) >= 11 is 0. The molecule has 0 saturated carbocycles. The number of fused-ring (bicyclic) bond motifs is 1. The lowest BCUT2D eigenvalue weighted by Crippen LogP contribution is -2.22. The Morgan fingerprint density at radius 3 is 2.52 bits per heavy atom. The van der Waals surface area contributed by atoms with E-state index in [4.69, 9.17) is 9.47 Å². The molecule has 29 heavy (non-hydrogen) atoms. The van der Waals surface area contributed by atoms with Crippen LogP contribution in [0.15, 0.2) is 24.3 Å². The second kappa shape index (κ2) is 8.71. The minimum Gasteiger partial charge on any atom is -0.461 e. The van der Waals surface area contributed by atoms with Gasteiger partial charge in [-0.05, 0) is 43.2 Å². The van der Waals surface area contributed by atoms with Gasteiger partial charge in [0.25, 0.3) is 0 Å². The lowest BCUT2D eigenvalue weighted by molar-refractivity contribution is 0.0173. The predicted molar refractivity (Wildman–Crippen MR) is 111 cm³/mol. The summed E-state index contributed by atoms with van der Waals surface area (Å²) in [6, 6.07) is 6.67. The van der Waals surface area contributed by atoms with Crippen LogP contribution in [0.2, 0.25) is 25.7 Å². The van der Waals surface area contributed by atoms with Crippen LogP contribution in [0.3, 0.4) is 0 Å². The SMILES string of the molecule is CC1CCc2nc(-c3cc(F)c(OCOCC[Si](C)(C)C)c(F)c3)ccc2C1=O. The Morgan fingerprint density at radius 1 is 1.17 bits per heavy atom. The van der Waals surface area contributed by atoms with E-state index in [0.29, 0.717) is 35.5 Å². The summed E-state index contributed by atoms with van der Waals surface area (Å²) in [7, 11) is -1.23. The molecular weight excluding hydrogens is 392 g/mol. The molecule has 1 aromatic heterocycles. The number of carbonyl (C=O) groups excluding carboxylic acids is 1. The summed E-state index contributed by atoms with van der Waals surface area (Å²) in [5.74, 6) is -2.02. The minimum atomic E-state index is -1.23. The number of Topliss-reactive ketones (excluding diaryl/α,β-unsaturated/α-hetero) is 1. The number of ketones is 1. The average Bonchev–Trinajstić information content (AvgIpc) is 2.65. The third kappa shape index (κ3) is 5.28. The molecule has 0 spiro atoms. The number of ether oxygens (including phenoxy) is 2. The summed E-state index contributed by atoms with van der Waals surface area (Å²) in [6.45, 7) is 8.88. The number of aromatic nitrogens is 1. The van der Waals surface area contributed by atoms with Crippen LogP contribution in [0.1, 0.15) is 29.4 Å². The number of halogens is 2. The maximum absolute atomic E-state index is 14.5. The largest absolute Gasteiger partial charge is 0.461 e. The van der Waals surface area contributed by atoms with E-state index in [1.807, 2.05) is 6.92 Å². The Kier molecular flexibility index (Phi) is 6.48. The molecule has 7 heteroatoms. The molecule has 2 aromatic rings. The zero-order chi connectivity index (χ0) is 21.2. The predicted octanol–water partition coefficient (Wildman–Crippen LogP) is 5.48. The van der Waals surface area contributed by atoms with E-state index in [1.165, 1.54) is 12.1 Å². The highest BCUT2D eigenvalue weighted by atomic mass is 28.3. The molecule has 4 nitrogen and oxygen atoms in total. The molecule has 0 aliphatic heterocycles. The summed E-state index contributed by atoms with van der Waals surface area (Å²) < 4.78 is 39.4. The molecule has 1 aliphatic rings. The van der Waals surface area contributed by atoms with Gasteiger partial charge in [0.2, 0.25) is 0 Å². The number of hydrogen-bond acceptors (Lipinski definition) is 4. The van der Waals surface area contributed by atoms with Crippen molar-refractivity contribution in [2.45, 2.75) is 45.5 Å². The van der Waals surface area contributed by atoms with Crippen molar-refractivity contribution < 1.29 is 23.0 Å². The topological polar surface area (TPSA) is 48.4 Å². The first kappa shape index (κ1) is 21.6. The number of rotatable bonds is 7. The molecule has 0 bridgehead atoms. The fourth-order valence-corrected chi connectivity index (χ4v) is 3.97.